The molecule has 0 saturated carbocycles. The molecule has 29 heavy (non-hydrogen) atoms. The van der Waals surface area contributed by atoms with Gasteiger partial charge in [-0.2, -0.15) is 0 Å². The molecule has 2 aromatic rings. The molecule has 0 bridgehead atoms. The number of amides is 1. The average Bonchev–Trinajstić information content (AvgIpc) is 3.04. The number of carbonyl (C=O) groups excluding carboxylic acids is 1. The third kappa shape index (κ3) is 3.81. The quantitative estimate of drug-likeness (QED) is 0.649. The lowest BCUT2D eigenvalue weighted by molar-refractivity contribution is 0.0512. The first-order valence-corrected chi connectivity index (χ1v) is 11.2. The number of thioether (sulfide) groups is 1. The van der Waals surface area contributed by atoms with Gasteiger partial charge in [0, 0.05) is 11.1 Å². The zero-order chi connectivity index (χ0) is 21.0. The molecular weight excluding hydrogens is 382 g/mol. The molecule has 4 nitrogen and oxygen atoms in total. The normalized spacial score (nSPS) is 20.8. The van der Waals surface area contributed by atoms with E-state index in [2.05, 4.69) is 13.8 Å². The minimum Gasteiger partial charge on any atom is -0.431 e. The van der Waals surface area contributed by atoms with Crippen molar-refractivity contribution < 1.29 is 14.6 Å². The minimum atomic E-state index is -0.947. The second-order valence-corrected chi connectivity index (χ2v) is 8.53. The van der Waals surface area contributed by atoms with Crippen LogP contribution < -0.4 is 0 Å². The van der Waals surface area contributed by atoms with Crippen molar-refractivity contribution in [3.8, 4) is 0 Å². The molecule has 3 atom stereocenters. The Morgan fingerprint density at radius 2 is 1.59 bits per heavy atom. The van der Waals surface area contributed by atoms with E-state index in [1.165, 1.54) is 11.8 Å². The molecule has 1 saturated heterocycles. The van der Waals surface area contributed by atoms with Gasteiger partial charge in [-0.05, 0) is 19.1 Å². The SMILES string of the molecule is C/C=C/[C@H](O)[C@H](SC)N1C(=O)OC(c2ccccc2)(c2ccccc2)[C@@H]1C(C)C. The number of cyclic esters (lactones) is 1. The van der Waals surface area contributed by atoms with Crippen molar-refractivity contribution in [3.05, 3.63) is 83.9 Å². The van der Waals surface area contributed by atoms with Gasteiger partial charge in [-0.25, -0.2) is 4.79 Å². The third-order valence-electron chi connectivity index (χ3n) is 5.41. The highest BCUT2D eigenvalue weighted by Gasteiger charge is 2.59. The number of aliphatic hydroxyl groups is 1. The summed E-state index contributed by atoms with van der Waals surface area (Å²) in [6, 6.07) is 19.5. The highest BCUT2D eigenvalue weighted by molar-refractivity contribution is 7.99. The molecule has 154 valence electrons. The van der Waals surface area contributed by atoms with Crippen LogP contribution >= 0.6 is 11.8 Å². The van der Waals surface area contributed by atoms with Crippen LogP contribution in [0.4, 0.5) is 4.79 Å². The molecule has 2 aromatic carbocycles. The number of carbonyl (C=O) groups is 1. The Morgan fingerprint density at radius 1 is 1.07 bits per heavy atom. The molecule has 1 heterocycles. The van der Waals surface area contributed by atoms with Gasteiger partial charge in [-0.15, -0.1) is 11.8 Å². The first-order chi connectivity index (χ1) is 14.0. The summed E-state index contributed by atoms with van der Waals surface area (Å²) in [5.41, 5.74) is 0.916. The topological polar surface area (TPSA) is 49.8 Å². The van der Waals surface area contributed by atoms with E-state index in [0.29, 0.717) is 0 Å². The number of nitrogens with zero attached hydrogens (tertiary/aromatic N) is 1. The van der Waals surface area contributed by atoms with Crippen molar-refractivity contribution in [3.63, 3.8) is 0 Å². The molecule has 3 rings (SSSR count). The van der Waals surface area contributed by atoms with Crippen LogP contribution in [0, 0.1) is 5.92 Å². The van der Waals surface area contributed by atoms with E-state index >= 15 is 0 Å². The number of hydrogen-bond donors (Lipinski definition) is 1. The van der Waals surface area contributed by atoms with Crippen molar-refractivity contribution in [2.75, 3.05) is 6.26 Å². The lowest BCUT2D eigenvalue weighted by Gasteiger charge is -2.40. The fraction of sp³-hybridized carbons (Fsp3) is 0.375. The Bertz CT molecular complexity index is 798. The fourth-order valence-corrected chi connectivity index (χ4v) is 5.13. The van der Waals surface area contributed by atoms with E-state index in [0.717, 1.165) is 11.1 Å². The zero-order valence-corrected chi connectivity index (χ0v) is 18.2. The van der Waals surface area contributed by atoms with Gasteiger partial charge in [0.05, 0.1) is 6.04 Å². The Balaban J connectivity index is 2.23. The summed E-state index contributed by atoms with van der Waals surface area (Å²) in [4.78, 5) is 15.1. The number of hydrogen-bond acceptors (Lipinski definition) is 4. The van der Waals surface area contributed by atoms with Crippen molar-refractivity contribution >= 4 is 17.9 Å². The maximum absolute atomic E-state index is 13.3. The second-order valence-electron chi connectivity index (χ2n) is 7.57. The number of allylic oxidation sites excluding steroid dienone is 1. The Hall–Kier alpha value is -2.24. The summed E-state index contributed by atoms with van der Waals surface area (Å²) in [7, 11) is 0. The van der Waals surface area contributed by atoms with E-state index in [1.54, 1.807) is 17.1 Å². The average molecular weight is 412 g/mol. The smallest absolute Gasteiger partial charge is 0.412 e. The highest BCUT2D eigenvalue weighted by atomic mass is 32.2. The highest BCUT2D eigenvalue weighted by Crippen LogP contribution is 2.49. The zero-order valence-electron chi connectivity index (χ0n) is 17.4. The van der Waals surface area contributed by atoms with Gasteiger partial charge in [0.2, 0.25) is 0 Å². The molecular formula is C24H29NO3S. The lowest BCUT2D eigenvalue weighted by Crippen LogP contribution is -2.53. The van der Waals surface area contributed by atoms with Crippen LogP contribution in [0.15, 0.2) is 72.8 Å². The first-order valence-electron chi connectivity index (χ1n) is 9.93. The van der Waals surface area contributed by atoms with Crippen LogP contribution in [0.25, 0.3) is 0 Å². The summed E-state index contributed by atoms with van der Waals surface area (Å²) in [5, 5.41) is 10.3. The molecule has 0 radical (unpaired) electrons. The molecule has 0 unspecified atom stereocenters. The van der Waals surface area contributed by atoms with E-state index in [1.807, 2.05) is 73.8 Å². The molecule has 5 heteroatoms. The Morgan fingerprint density at radius 3 is 2.00 bits per heavy atom. The van der Waals surface area contributed by atoms with Crippen molar-refractivity contribution in [2.45, 2.75) is 43.9 Å². The number of ether oxygens (including phenoxy) is 1. The van der Waals surface area contributed by atoms with E-state index in [9.17, 15) is 9.90 Å². The van der Waals surface area contributed by atoms with Gasteiger partial charge >= 0.3 is 6.09 Å². The van der Waals surface area contributed by atoms with Gasteiger partial charge < -0.3 is 9.84 Å². The molecule has 1 aliphatic heterocycles. The Labute approximate surface area is 177 Å². The van der Waals surface area contributed by atoms with Crippen LogP contribution in [0.2, 0.25) is 0 Å². The van der Waals surface area contributed by atoms with Gasteiger partial charge in [0.25, 0.3) is 0 Å². The van der Waals surface area contributed by atoms with Crippen molar-refractivity contribution in [1.82, 2.24) is 4.90 Å². The summed E-state index contributed by atoms with van der Waals surface area (Å²) in [5.74, 6) is 0.0920. The first kappa shape index (κ1) is 21.5. The molecule has 1 fully saturated rings. The van der Waals surface area contributed by atoms with Crippen LogP contribution in [-0.4, -0.2) is 39.9 Å². The van der Waals surface area contributed by atoms with Gasteiger partial charge in [-0.1, -0.05) is 86.7 Å². The lowest BCUT2D eigenvalue weighted by atomic mass is 9.75. The molecule has 0 spiro atoms. The standard InChI is InChI=1S/C24H29NO3S/c1-5-12-20(26)22(29-4)25-21(17(2)3)24(28-23(25)27,18-13-8-6-9-14-18)19-15-10-7-11-16-19/h5-17,20-22,26H,1-4H3/b12-5+/t20-,21-,22-/m0/s1. The third-order valence-corrected chi connectivity index (χ3v) is 6.40. The summed E-state index contributed by atoms with van der Waals surface area (Å²) in [6.07, 6.45) is 4.25. The summed E-state index contributed by atoms with van der Waals surface area (Å²) >= 11 is 1.46. The Kier molecular flexibility index (Phi) is 6.70. The van der Waals surface area contributed by atoms with Crippen LogP contribution in [0.1, 0.15) is 31.9 Å². The monoisotopic (exact) mass is 411 g/mol. The van der Waals surface area contributed by atoms with E-state index in [-0.39, 0.29) is 12.0 Å². The molecule has 0 aromatic heterocycles. The predicted octanol–water partition coefficient (Wildman–Crippen LogP) is 5.03. The van der Waals surface area contributed by atoms with E-state index in [4.69, 9.17) is 4.74 Å². The van der Waals surface area contributed by atoms with Crippen LogP contribution in [0.5, 0.6) is 0 Å². The number of aliphatic hydroxyl groups excluding tert-OH is 1. The van der Waals surface area contributed by atoms with Crippen LogP contribution in [-0.2, 0) is 10.3 Å². The fourth-order valence-electron chi connectivity index (χ4n) is 4.32. The van der Waals surface area contributed by atoms with Gasteiger partial charge in [-0.3, -0.25) is 4.90 Å². The van der Waals surface area contributed by atoms with Crippen molar-refractivity contribution in [1.29, 1.82) is 0 Å². The predicted molar refractivity (Wildman–Crippen MR) is 119 cm³/mol. The summed E-state index contributed by atoms with van der Waals surface area (Å²) < 4.78 is 6.26. The minimum absolute atomic E-state index is 0.0920. The van der Waals surface area contributed by atoms with Crippen molar-refractivity contribution in [2.24, 2.45) is 5.92 Å². The number of rotatable bonds is 7. The maximum Gasteiger partial charge on any atom is 0.412 e. The second kappa shape index (κ2) is 9.06. The molecule has 1 aliphatic rings. The number of benzene rings is 2. The maximum atomic E-state index is 13.3. The molecule has 1 N–H and O–H groups in total. The van der Waals surface area contributed by atoms with Gasteiger partial charge in [0.15, 0.2) is 5.60 Å². The summed E-state index contributed by atoms with van der Waals surface area (Å²) in [6.45, 7) is 6.06. The van der Waals surface area contributed by atoms with Gasteiger partial charge in [0.1, 0.15) is 11.5 Å². The van der Waals surface area contributed by atoms with E-state index < -0.39 is 23.2 Å². The largest absolute Gasteiger partial charge is 0.431 e. The molecule has 0 aliphatic carbocycles. The van der Waals surface area contributed by atoms with Crippen LogP contribution in [0.3, 0.4) is 0 Å². The molecule has 1 amide bonds.